The van der Waals surface area contributed by atoms with Gasteiger partial charge in [0.05, 0.1) is 10.9 Å². The van der Waals surface area contributed by atoms with Crippen LogP contribution in [0.2, 0.25) is 0 Å². The standard InChI is InChI=1S/C24H26N2O3S/c1-18-9-15-23(16-10-18)30(28,29)26(3)17-20-11-13-22(14-12-20)24(27)25-19(2)21-7-5-4-6-8-21/h4-16,19H,17H2,1-3H3,(H,25,27)/t19-/m1/s1. The molecule has 0 saturated carbocycles. The first kappa shape index (κ1) is 21.7. The van der Waals surface area contributed by atoms with E-state index in [0.29, 0.717) is 5.56 Å². The minimum atomic E-state index is -3.57. The van der Waals surface area contributed by atoms with Gasteiger partial charge in [-0.2, -0.15) is 4.31 Å². The fourth-order valence-corrected chi connectivity index (χ4v) is 4.26. The highest BCUT2D eigenvalue weighted by atomic mass is 32.2. The van der Waals surface area contributed by atoms with Crippen LogP contribution >= 0.6 is 0 Å². The van der Waals surface area contributed by atoms with Crippen LogP contribution in [0, 0.1) is 6.92 Å². The van der Waals surface area contributed by atoms with Gasteiger partial charge in [0.1, 0.15) is 0 Å². The lowest BCUT2D eigenvalue weighted by atomic mass is 10.1. The second kappa shape index (κ2) is 9.24. The quantitative estimate of drug-likeness (QED) is 0.617. The fourth-order valence-electron chi connectivity index (χ4n) is 3.10. The van der Waals surface area contributed by atoms with Crippen molar-refractivity contribution in [3.8, 4) is 0 Å². The molecule has 0 spiro atoms. The van der Waals surface area contributed by atoms with Crippen LogP contribution < -0.4 is 5.32 Å². The number of amides is 1. The molecule has 3 aromatic carbocycles. The molecule has 0 unspecified atom stereocenters. The Labute approximate surface area is 178 Å². The van der Waals surface area contributed by atoms with Crippen molar-refractivity contribution < 1.29 is 13.2 Å². The van der Waals surface area contributed by atoms with Gasteiger partial charge in [-0.3, -0.25) is 4.79 Å². The first-order chi connectivity index (χ1) is 14.3. The van der Waals surface area contributed by atoms with Crippen LogP contribution in [0.1, 0.15) is 40.0 Å². The van der Waals surface area contributed by atoms with Crippen LogP contribution in [0.5, 0.6) is 0 Å². The lowest BCUT2D eigenvalue weighted by molar-refractivity contribution is 0.0940. The maximum atomic E-state index is 12.7. The molecule has 1 N–H and O–H groups in total. The Morgan fingerprint density at radius 2 is 1.53 bits per heavy atom. The van der Waals surface area contributed by atoms with E-state index in [1.165, 1.54) is 4.31 Å². The summed E-state index contributed by atoms with van der Waals surface area (Å²) in [5, 5.41) is 2.98. The van der Waals surface area contributed by atoms with E-state index in [1.807, 2.05) is 44.2 Å². The second-order valence-electron chi connectivity index (χ2n) is 7.38. The first-order valence-corrected chi connectivity index (χ1v) is 11.2. The van der Waals surface area contributed by atoms with Gasteiger partial charge in [-0.15, -0.1) is 0 Å². The third-order valence-corrected chi connectivity index (χ3v) is 6.82. The fraction of sp³-hybridized carbons (Fsp3) is 0.208. The highest BCUT2D eigenvalue weighted by molar-refractivity contribution is 7.89. The molecule has 0 radical (unpaired) electrons. The molecule has 0 aromatic heterocycles. The van der Waals surface area contributed by atoms with E-state index in [9.17, 15) is 13.2 Å². The zero-order valence-electron chi connectivity index (χ0n) is 17.4. The maximum absolute atomic E-state index is 12.7. The van der Waals surface area contributed by atoms with Crippen molar-refractivity contribution in [2.24, 2.45) is 0 Å². The van der Waals surface area contributed by atoms with E-state index in [4.69, 9.17) is 0 Å². The minimum Gasteiger partial charge on any atom is -0.346 e. The third-order valence-electron chi connectivity index (χ3n) is 5.00. The molecule has 0 saturated heterocycles. The number of nitrogens with one attached hydrogen (secondary N) is 1. The van der Waals surface area contributed by atoms with Crippen molar-refractivity contribution in [1.82, 2.24) is 9.62 Å². The van der Waals surface area contributed by atoms with Gasteiger partial charge >= 0.3 is 0 Å². The number of rotatable bonds is 7. The molecular formula is C24H26N2O3S. The SMILES string of the molecule is Cc1ccc(S(=O)(=O)N(C)Cc2ccc(C(=O)N[C@H](C)c3ccccc3)cc2)cc1. The van der Waals surface area contributed by atoms with Gasteiger partial charge in [0.2, 0.25) is 10.0 Å². The van der Waals surface area contributed by atoms with Crippen molar-refractivity contribution in [2.75, 3.05) is 7.05 Å². The Bertz CT molecular complexity index is 1090. The van der Waals surface area contributed by atoms with Crippen LogP contribution in [0.25, 0.3) is 0 Å². The van der Waals surface area contributed by atoms with Gasteiger partial charge in [0.15, 0.2) is 0 Å². The number of aryl methyl sites for hydroxylation is 1. The highest BCUT2D eigenvalue weighted by Crippen LogP contribution is 2.18. The van der Waals surface area contributed by atoms with E-state index in [-0.39, 0.29) is 23.4 Å². The van der Waals surface area contributed by atoms with Gasteiger partial charge in [0.25, 0.3) is 5.91 Å². The number of carbonyl (C=O) groups excluding carboxylic acids is 1. The smallest absolute Gasteiger partial charge is 0.251 e. The van der Waals surface area contributed by atoms with Gasteiger partial charge < -0.3 is 5.32 Å². The minimum absolute atomic E-state index is 0.107. The first-order valence-electron chi connectivity index (χ1n) is 9.75. The second-order valence-corrected chi connectivity index (χ2v) is 9.42. The Morgan fingerprint density at radius 1 is 0.933 bits per heavy atom. The summed E-state index contributed by atoms with van der Waals surface area (Å²) in [5.74, 6) is -0.168. The summed E-state index contributed by atoms with van der Waals surface area (Å²) < 4.78 is 26.8. The molecule has 0 fully saturated rings. The molecule has 5 nitrogen and oxygen atoms in total. The number of sulfonamides is 1. The van der Waals surface area contributed by atoms with Crippen molar-refractivity contribution in [2.45, 2.75) is 31.3 Å². The average molecular weight is 423 g/mol. The summed E-state index contributed by atoms with van der Waals surface area (Å²) in [6.07, 6.45) is 0. The lowest BCUT2D eigenvalue weighted by Crippen LogP contribution is -2.27. The Balaban J connectivity index is 1.65. The maximum Gasteiger partial charge on any atom is 0.251 e. The van der Waals surface area contributed by atoms with Crippen LogP contribution in [0.15, 0.2) is 83.8 Å². The van der Waals surface area contributed by atoms with Crippen molar-refractivity contribution in [1.29, 1.82) is 0 Å². The predicted molar refractivity (Wildman–Crippen MR) is 119 cm³/mol. The van der Waals surface area contributed by atoms with Crippen LogP contribution in [0.3, 0.4) is 0 Å². The Kier molecular flexibility index (Phi) is 6.70. The normalized spacial score (nSPS) is 12.5. The average Bonchev–Trinajstić information content (AvgIpc) is 2.75. The van der Waals surface area contributed by atoms with Crippen LogP contribution in [-0.4, -0.2) is 25.7 Å². The van der Waals surface area contributed by atoms with Crippen molar-refractivity contribution >= 4 is 15.9 Å². The number of carbonyl (C=O) groups is 1. The molecule has 0 aliphatic rings. The topological polar surface area (TPSA) is 66.5 Å². The molecule has 0 aliphatic carbocycles. The van der Waals surface area contributed by atoms with Crippen LogP contribution in [-0.2, 0) is 16.6 Å². The van der Waals surface area contributed by atoms with E-state index in [2.05, 4.69) is 5.32 Å². The summed E-state index contributed by atoms with van der Waals surface area (Å²) in [5.41, 5.74) is 3.38. The Morgan fingerprint density at radius 3 is 2.13 bits per heavy atom. The molecule has 6 heteroatoms. The van der Waals surface area contributed by atoms with Crippen molar-refractivity contribution in [3.63, 3.8) is 0 Å². The van der Waals surface area contributed by atoms with E-state index < -0.39 is 10.0 Å². The highest BCUT2D eigenvalue weighted by Gasteiger charge is 2.21. The Hall–Kier alpha value is -2.96. The van der Waals surface area contributed by atoms with E-state index >= 15 is 0 Å². The van der Waals surface area contributed by atoms with Gasteiger partial charge in [-0.05, 0) is 49.2 Å². The number of hydrogen-bond donors (Lipinski definition) is 1. The predicted octanol–water partition coefficient (Wildman–Crippen LogP) is 4.31. The molecule has 156 valence electrons. The summed E-state index contributed by atoms with van der Waals surface area (Å²) in [7, 11) is -2.02. The molecule has 1 atom stereocenters. The molecular weight excluding hydrogens is 396 g/mol. The summed E-state index contributed by atoms with van der Waals surface area (Å²) in [6.45, 7) is 4.07. The molecule has 30 heavy (non-hydrogen) atoms. The van der Waals surface area contributed by atoms with E-state index in [1.54, 1.807) is 55.6 Å². The zero-order chi connectivity index (χ0) is 21.7. The zero-order valence-corrected chi connectivity index (χ0v) is 18.2. The number of nitrogens with zero attached hydrogens (tertiary/aromatic N) is 1. The summed E-state index contributed by atoms with van der Waals surface area (Å²) >= 11 is 0. The lowest BCUT2D eigenvalue weighted by Gasteiger charge is -2.18. The van der Waals surface area contributed by atoms with Crippen molar-refractivity contribution in [3.05, 3.63) is 101 Å². The van der Waals surface area contributed by atoms with Gasteiger partial charge in [-0.25, -0.2) is 8.42 Å². The molecule has 0 bridgehead atoms. The largest absolute Gasteiger partial charge is 0.346 e. The van der Waals surface area contributed by atoms with Gasteiger partial charge in [0, 0.05) is 19.2 Å². The molecule has 0 aliphatic heterocycles. The van der Waals surface area contributed by atoms with Gasteiger partial charge in [-0.1, -0.05) is 60.2 Å². The molecule has 1 amide bonds. The third kappa shape index (κ3) is 5.14. The van der Waals surface area contributed by atoms with Crippen LogP contribution in [0.4, 0.5) is 0 Å². The summed E-state index contributed by atoms with van der Waals surface area (Å²) in [6, 6.07) is 23.4. The summed E-state index contributed by atoms with van der Waals surface area (Å²) in [4.78, 5) is 12.8. The number of hydrogen-bond acceptors (Lipinski definition) is 3. The molecule has 3 rings (SSSR count). The molecule has 3 aromatic rings. The number of benzene rings is 3. The monoisotopic (exact) mass is 422 g/mol. The van der Waals surface area contributed by atoms with E-state index in [0.717, 1.165) is 16.7 Å². The molecule has 0 heterocycles.